The van der Waals surface area contributed by atoms with Gasteiger partial charge in [0.2, 0.25) is 0 Å². The molecule has 0 bridgehead atoms. The number of aliphatic hydroxyl groups excluding tert-OH is 1. The van der Waals surface area contributed by atoms with Gasteiger partial charge in [0.05, 0.1) is 18.4 Å². The van der Waals surface area contributed by atoms with Crippen LogP contribution in [0.5, 0.6) is 0 Å². The second kappa shape index (κ2) is 8.08. The lowest BCUT2D eigenvalue weighted by molar-refractivity contribution is -0.139. The lowest BCUT2D eigenvalue weighted by Crippen LogP contribution is -2.33. The first-order valence-electron chi connectivity index (χ1n) is 6.96. The van der Waals surface area contributed by atoms with E-state index in [1.54, 1.807) is 0 Å². The first kappa shape index (κ1) is 18.9. The Labute approximate surface area is 145 Å². The molecule has 0 atom stereocenters. The highest BCUT2D eigenvalue weighted by Gasteiger charge is 2.34. The molecule has 5 nitrogen and oxygen atoms in total. The molecule has 0 saturated carbocycles. The highest BCUT2D eigenvalue weighted by atomic mass is 32.1. The SMILES string of the molecule is OCCNC(=S)N/N=C/c1ccc(-c2ccc(F)c(C(F)(F)F)c2)o1. The van der Waals surface area contributed by atoms with Crippen molar-refractivity contribution in [1.82, 2.24) is 10.7 Å². The van der Waals surface area contributed by atoms with Gasteiger partial charge >= 0.3 is 6.18 Å². The average molecular weight is 375 g/mol. The lowest BCUT2D eigenvalue weighted by atomic mass is 10.1. The van der Waals surface area contributed by atoms with Crippen LogP contribution in [0.1, 0.15) is 11.3 Å². The minimum Gasteiger partial charge on any atom is -0.455 e. The van der Waals surface area contributed by atoms with Crippen LogP contribution in [0.15, 0.2) is 39.9 Å². The molecule has 0 fully saturated rings. The third-order valence-electron chi connectivity index (χ3n) is 2.94. The number of hydrogen-bond donors (Lipinski definition) is 3. The molecule has 0 spiro atoms. The fraction of sp³-hybridized carbons (Fsp3) is 0.200. The zero-order valence-electron chi connectivity index (χ0n) is 12.6. The maximum absolute atomic E-state index is 13.3. The van der Waals surface area contributed by atoms with E-state index in [9.17, 15) is 17.6 Å². The summed E-state index contributed by atoms with van der Waals surface area (Å²) in [5.41, 5.74) is 1.19. The van der Waals surface area contributed by atoms with Crippen LogP contribution in [0.4, 0.5) is 17.6 Å². The first-order valence-corrected chi connectivity index (χ1v) is 7.37. The predicted molar refractivity (Wildman–Crippen MR) is 87.5 cm³/mol. The molecule has 0 unspecified atom stereocenters. The van der Waals surface area contributed by atoms with Gasteiger partial charge in [-0.1, -0.05) is 0 Å². The van der Waals surface area contributed by atoms with Gasteiger partial charge in [-0.3, -0.25) is 5.43 Å². The molecule has 0 radical (unpaired) electrons. The number of thiocarbonyl (C=S) groups is 1. The minimum atomic E-state index is -4.79. The van der Waals surface area contributed by atoms with Gasteiger partial charge in [-0.2, -0.15) is 18.3 Å². The maximum Gasteiger partial charge on any atom is 0.419 e. The summed E-state index contributed by atoms with van der Waals surface area (Å²) < 4.78 is 56.9. The molecule has 3 N–H and O–H groups in total. The Kier molecular flexibility index (Phi) is 6.10. The number of rotatable bonds is 5. The second-order valence-electron chi connectivity index (χ2n) is 4.74. The van der Waals surface area contributed by atoms with Crippen molar-refractivity contribution in [2.45, 2.75) is 6.18 Å². The van der Waals surface area contributed by atoms with Crippen molar-refractivity contribution >= 4 is 23.5 Å². The van der Waals surface area contributed by atoms with Crippen LogP contribution in [-0.4, -0.2) is 29.6 Å². The summed E-state index contributed by atoms with van der Waals surface area (Å²) in [6.07, 6.45) is -3.53. The van der Waals surface area contributed by atoms with Crippen molar-refractivity contribution in [3.05, 3.63) is 47.5 Å². The van der Waals surface area contributed by atoms with E-state index < -0.39 is 17.6 Å². The van der Waals surface area contributed by atoms with Gasteiger partial charge < -0.3 is 14.8 Å². The summed E-state index contributed by atoms with van der Waals surface area (Å²) in [5, 5.41) is 15.2. The molecule has 0 saturated heterocycles. The smallest absolute Gasteiger partial charge is 0.419 e. The molecule has 1 aromatic heterocycles. The van der Waals surface area contributed by atoms with E-state index in [-0.39, 0.29) is 35.3 Å². The summed E-state index contributed by atoms with van der Waals surface area (Å²) in [6.45, 7) is 0.170. The molecule has 134 valence electrons. The van der Waals surface area contributed by atoms with Gasteiger partial charge in [-0.05, 0) is 42.5 Å². The topological polar surface area (TPSA) is 69.8 Å². The van der Waals surface area contributed by atoms with Gasteiger partial charge in [0.1, 0.15) is 17.3 Å². The largest absolute Gasteiger partial charge is 0.455 e. The molecule has 0 aliphatic carbocycles. The average Bonchev–Trinajstić information content (AvgIpc) is 3.01. The standard InChI is InChI=1S/C15H13F4N3O2S/c16-12-3-1-9(7-11(12)15(17,18)19)13-4-2-10(24-13)8-21-22-14(25)20-5-6-23/h1-4,7-8,23H,5-6H2,(H2,20,22,25)/b21-8+. The van der Waals surface area contributed by atoms with E-state index in [0.717, 1.165) is 6.07 Å². The van der Waals surface area contributed by atoms with Crippen molar-refractivity contribution in [2.75, 3.05) is 13.2 Å². The van der Waals surface area contributed by atoms with Crippen LogP contribution >= 0.6 is 12.2 Å². The maximum atomic E-state index is 13.3. The molecule has 1 aromatic carbocycles. The van der Waals surface area contributed by atoms with E-state index >= 15 is 0 Å². The number of halogens is 4. The normalized spacial score (nSPS) is 11.7. The molecule has 2 aromatic rings. The molecule has 10 heteroatoms. The summed E-state index contributed by atoms with van der Waals surface area (Å²) in [6, 6.07) is 5.54. The van der Waals surface area contributed by atoms with E-state index in [1.165, 1.54) is 24.4 Å². The Bertz CT molecular complexity index is 774. The number of furan rings is 1. The Morgan fingerprint density at radius 3 is 2.72 bits per heavy atom. The molecule has 0 aliphatic heterocycles. The summed E-state index contributed by atoms with van der Waals surface area (Å²) in [4.78, 5) is 0. The van der Waals surface area contributed by atoms with Crippen LogP contribution in [0.3, 0.4) is 0 Å². The Hall–Kier alpha value is -2.46. The van der Waals surface area contributed by atoms with Gasteiger partial charge in [0.15, 0.2) is 5.11 Å². The molecule has 1 heterocycles. The molecular weight excluding hydrogens is 362 g/mol. The predicted octanol–water partition coefficient (Wildman–Crippen LogP) is 2.89. The fourth-order valence-electron chi connectivity index (χ4n) is 1.84. The van der Waals surface area contributed by atoms with E-state index in [2.05, 4.69) is 15.8 Å². The first-order chi connectivity index (χ1) is 11.8. The molecule has 25 heavy (non-hydrogen) atoms. The molecule has 2 rings (SSSR count). The van der Waals surface area contributed by atoms with Gasteiger partial charge in [-0.15, -0.1) is 0 Å². The van der Waals surface area contributed by atoms with Gasteiger partial charge in [-0.25, -0.2) is 4.39 Å². The third kappa shape index (κ3) is 5.26. The van der Waals surface area contributed by atoms with E-state index in [4.69, 9.17) is 21.7 Å². The lowest BCUT2D eigenvalue weighted by Gasteiger charge is -2.08. The van der Waals surface area contributed by atoms with Crippen LogP contribution < -0.4 is 10.7 Å². The summed E-state index contributed by atoms with van der Waals surface area (Å²) >= 11 is 4.86. The monoisotopic (exact) mass is 375 g/mol. The van der Waals surface area contributed by atoms with E-state index in [1.807, 2.05) is 0 Å². The minimum absolute atomic E-state index is 0.0847. The van der Waals surface area contributed by atoms with E-state index in [0.29, 0.717) is 6.07 Å². The van der Waals surface area contributed by atoms with Crippen molar-refractivity contribution in [1.29, 1.82) is 0 Å². The van der Waals surface area contributed by atoms with Crippen LogP contribution in [-0.2, 0) is 6.18 Å². The highest BCUT2D eigenvalue weighted by molar-refractivity contribution is 7.80. The van der Waals surface area contributed by atoms with Crippen molar-refractivity contribution in [2.24, 2.45) is 5.10 Å². The number of benzene rings is 1. The summed E-state index contributed by atoms with van der Waals surface area (Å²) in [7, 11) is 0. The number of aliphatic hydroxyl groups is 1. The van der Waals surface area contributed by atoms with Crippen LogP contribution in [0.2, 0.25) is 0 Å². The Balaban J connectivity index is 2.10. The number of nitrogens with one attached hydrogen (secondary N) is 2. The number of hydrogen-bond acceptors (Lipinski definition) is 4. The summed E-state index contributed by atoms with van der Waals surface area (Å²) in [5.74, 6) is -0.962. The van der Waals surface area contributed by atoms with Crippen LogP contribution in [0.25, 0.3) is 11.3 Å². The number of hydrazone groups is 1. The van der Waals surface area contributed by atoms with Gasteiger partial charge in [0, 0.05) is 12.1 Å². The Morgan fingerprint density at radius 2 is 2.04 bits per heavy atom. The third-order valence-corrected chi connectivity index (χ3v) is 3.17. The van der Waals surface area contributed by atoms with Crippen LogP contribution in [0, 0.1) is 5.82 Å². The quantitative estimate of drug-likeness (QED) is 0.325. The fourth-order valence-corrected chi connectivity index (χ4v) is 1.99. The second-order valence-corrected chi connectivity index (χ2v) is 5.15. The highest BCUT2D eigenvalue weighted by Crippen LogP contribution is 2.34. The van der Waals surface area contributed by atoms with Crippen molar-refractivity contribution < 1.29 is 27.1 Å². The number of nitrogens with zero attached hydrogens (tertiary/aromatic N) is 1. The van der Waals surface area contributed by atoms with Crippen molar-refractivity contribution in [3.63, 3.8) is 0 Å². The zero-order chi connectivity index (χ0) is 18.4. The number of alkyl halides is 3. The van der Waals surface area contributed by atoms with Gasteiger partial charge in [0.25, 0.3) is 0 Å². The molecule has 0 amide bonds. The van der Waals surface area contributed by atoms with Crippen molar-refractivity contribution in [3.8, 4) is 11.3 Å². The molecule has 0 aliphatic rings. The zero-order valence-corrected chi connectivity index (χ0v) is 13.4. The molecular formula is C15H13F4N3O2S. The Morgan fingerprint density at radius 1 is 1.28 bits per heavy atom.